The van der Waals surface area contributed by atoms with Crippen LogP contribution in [0.3, 0.4) is 0 Å². The summed E-state index contributed by atoms with van der Waals surface area (Å²) in [5.41, 5.74) is 0.445. The van der Waals surface area contributed by atoms with Gasteiger partial charge in [-0.25, -0.2) is 8.78 Å². The van der Waals surface area contributed by atoms with E-state index in [1.807, 2.05) is 13.8 Å². The van der Waals surface area contributed by atoms with E-state index in [0.717, 1.165) is 12.0 Å². The van der Waals surface area contributed by atoms with Gasteiger partial charge in [0.25, 0.3) is 0 Å². The summed E-state index contributed by atoms with van der Waals surface area (Å²) in [6.07, 6.45) is 1.97. The van der Waals surface area contributed by atoms with Gasteiger partial charge in [-0.15, -0.1) is 5.10 Å². The number of fused-ring (bicyclic) bond motifs is 5. The third-order valence-electron chi connectivity index (χ3n) is 5.63. The molecule has 3 aromatic rings. The lowest BCUT2D eigenvalue weighted by atomic mass is 9.82. The van der Waals surface area contributed by atoms with Crippen LogP contribution in [0.25, 0.3) is 11.3 Å². The number of anilines is 1. The Labute approximate surface area is 171 Å². The minimum absolute atomic E-state index is 0.0341. The van der Waals surface area contributed by atoms with Gasteiger partial charge in [-0.2, -0.15) is 10.1 Å². The summed E-state index contributed by atoms with van der Waals surface area (Å²) in [5.74, 6) is -1.17. The van der Waals surface area contributed by atoms with Gasteiger partial charge < -0.3 is 4.52 Å². The highest BCUT2D eigenvalue weighted by atomic mass is 19.1. The molecule has 9 heteroatoms. The molecule has 0 spiro atoms. The van der Waals surface area contributed by atoms with Crippen LogP contribution in [0.2, 0.25) is 0 Å². The van der Waals surface area contributed by atoms with Gasteiger partial charge in [0.15, 0.2) is 5.82 Å². The molecule has 1 fully saturated rings. The summed E-state index contributed by atoms with van der Waals surface area (Å²) in [6.45, 7) is 5.66. The van der Waals surface area contributed by atoms with Crippen LogP contribution in [0.5, 0.6) is 0 Å². The smallest absolute Gasteiger partial charge is 0.315 e. The molecule has 2 aromatic heterocycles. The zero-order valence-electron chi connectivity index (χ0n) is 16.9. The first-order chi connectivity index (χ1) is 14.5. The van der Waals surface area contributed by atoms with Crippen molar-refractivity contribution in [2.75, 3.05) is 5.32 Å². The fraction of sp³-hybridized carbons (Fsp3) is 0.381. The molecule has 1 saturated carbocycles. The molecule has 0 radical (unpaired) electrons. The van der Waals surface area contributed by atoms with Gasteiger partial charge in [0.1, 0.15) is 11.6 Å². The maximum Gasteiger partial charge on any atom is 0.328 e. The first-order valence-electron chi connectivity index (χ1n) is 9.92. The molecule has 7 nitrogen and oxygen atoms in total. The lowest BCUT2D eigenvalue weighted by Gasteiger charge is -2.25. The number of aryl methyl sites for hydroxylation is 1. The average Bonchev–Trinajstić information content (AvgIpc) is 3.44. The zero-order valence-corrected chi connectivity index (χ0v) is 16.9. The summed E-state index contributed by atoms with van der Waals surface area (Å²) in [5, 5.41) is 14.6. The largest absolute Gasteiger partial charge is 0.328 e. The van der Waals surface area contributed by atoms with E-state index in [4.69, 9.17) is 4.52 Å². The van der Waals surface area contributed by atoms with E-state index in [-0.39, 0.29) is 29.1 Å². The van der Waals surface area contributed by atoms with E-state index >= 15 is 0 Å². The number of halogens is 2. The first-order valence-corrected chi connectivity index (χ1v) is 9.92. The molecule has 2 atom stereocenters. The Balaban J connectivity index is 0.00000106. The Kier molecular flexibility index (Phi) is 5.05. The second kappa shape index (κ2) is 7.55. The van der Waals surface area contributed by atoms with Crippen LogP contribution in [0.15, 0.2) is 28.8 Å². The third-order valence-corrected chi connectivity index (χ3v) is 5.63. The normalized spacial score (nSPS) is 21.0. The number of nitrogens with one attached hydrogen (secondary N) is 1. The average molecular weight is 413 g/mol. The standard InChI is InChI=1S/C19H15F2N5O2.C2H6/c1-9-22-18(28-26-9)23-17(27)19-6-5-10(8-19)11-7-14(24-25-16(11)19)15-12(20)3-2-4-13(15)21;1-2/h2-4,7,10H,5-6,8H2,1H3,(H,22,23,26,27);1-2H3/t10-,19-;/m0./s1. The molecule has 1 amide bonds. The molecule has 2 aliphatic carbocycles. The predicted octanol–water partition coefficient (Wildman–Crippen LogP) is 4.30. The summed E-state index contributed by atoms with van der Waals surface area (Å²) >= 11 is 0. The molecular formula is C21H21F2N5O2. The third kappa shape index (κ3) is 3.05. The highest BCUT2D eigenvalue weighted by molar-refractivity contribution is 5.99. The zero-order chi connectivity index (χ0) is 21.5. The topological polar surface area (TPSA) is 93.8 Å². The summed E-state index contributed by atoms with van der Waals surface area (Å²) in [4.78, 5) is 17.0. The SMILES string of the molecule is CC.Cc1noc(NC(=O)[C@@]23CC[C@@H](C2)c2cc(-c4c(F)cccc4F)nnc23)n1. The predicted molar refractivity (Wildman–Crippen MR) is 105 cm³/mol. The van der Waals surface area contributed by atoms with E-state index < -0.39 is 17.0 Å². The summed E-state index contributed by atoms with van der Waals surface area (Å²) in [7, 11) is 0. The number of hydrogen-bond donors (Lipinski definition) is 1. The number of aromatic nitrogens is 4. The van der Waals surface area contributed by atoms with Gasteiger partial charge in [-0.05, 0) is 55.9 Å². The lowest BCUT2D eigenvalue weighted by molar-refractivity contribution is -0.121. The van der Waals surface area contributed by atoms with Crippen molar-refractivity contribution in [3.63, 3.8) is 0 Å². The van der Waals surface area contributed by atoms with Gasteiger partial charge >= 0.3 is 6.01 Å². The summed E-state index contributed by atoms with van der Waals surface area (Å²) < 4.78 is 33.2. The van der Waals surface area contributed by atoms with E-state index in [2.05, 4.69) is 25.7 Å². The minimum atomic E-state index is -0.846. The van der Waals surface area contributed by atoms with Gasteiger partial charge in [-0.3, -0.25) is 10.1 Å². The maximum absolute atomic E-state index is 14.1. The Hall–Kier alpha value is -3.23. The second-order valence-corrected chi connectivity index (χ2v) is 7.25. The molecule has 2 bridgehead atoms. The highest BCUT2D eigenvalue weighted by Crippen LogP contribution is 2.57. The highest BCUT2D eigenvalue weighted by Gasteiger charge is 2.56. The number of nitrogens with zero attached hydrogens (tertiary/aromatic N) is 4. The number of carbonyl (C=O) groups excluding carboxylic acids is 1. The molecule has 0 saturated heterocycles. The Morgan fingerprint density at radius 1 is 1.23 bits per heavy atom. The molecule has 0 aliphatic heterocycles. The van der Waals surface area contributed by atoms with E-state index in [0.29, 0.717) is 24.4 Å². The monoisotopic (exact) mass is 413 g/mol. The van der Waals surface area contributed by atoms with Crippen molar-refractivity contribution < 1.29 is 18.1 Å². The Bertz CT molecular complexity index is 1100. The van der Waals surface area contributed by atoms with Gasteiger partial charge in [-0.1, -0.05) is 25.1 Å². The van der Waals surface area contributed by atoms with Gasteiger partial charge in [0, 0.05) is 0 Å². The number of benzene rings is 1. The molecule has 2 heterocycles. The fourth-order valence-corrected chi connectivity index (χ4v) is 4.36. The Morgan fingerprint density at radius 2 is 1.97 bits per heavy atom. The van der Waals surface area contributed by atoms with Crippen molar-refractivity contribution in [3.05, 3.63) is 53.0 Å². The van der Waals surface area contributed by atoms with E-state index in [1.54, 1.807) is 13.0 Å². The molecule has 156 valence electrons. The number of hydrogen-bond acceptors (Lipinski definition) is 6. The number of amides is 1. The maximum atomic E-state index is 14.1. The van der Waals surface area contributed by atoms with Crippen LogP contribution in [-0.2, 0) is 10.2 Å². The van der Waals surface area contributed by atoms with Crippen molar-refractivity contribution >= 4 is 11.9 Å². The van der Waals surface area contributed by atoms with Crippen molar-refractivity contribution in [1.29, 1.82) is 0 Å². The minimum Gasteiger partial charge on any atom is -0.315 e. The van der Waals surface area contributed by atoms with Crippen LogP contribution < -0.4 is 5.32 Å². The van der Waals surface area contributed by atoms with Crippen molar-refractivity contribution in [3.8, 4) is 11.3 Å². The second-order valence-electron chi connectivity index (χ2n) is 7.25. The molecule has 1 N–H and O–H groups in total. The first kappa shape index (κ1) is 20.1. The number of carbonyl (C=O) groups is 1. The van der Waals surface area contributed by atoms with E-state index in [9.17, 15) is 13.6 Å². The molecule has 0 unspecified atom stereocenters. The number of rotatable bonds is 3. The van der Waals surface area contributed by atoms with Crippen molar-refractivity contribution in [2.24, 2.45) is 0 Å². The molecule has 1 aromatic carbocycles. The molecule has 30 heavy (non-hydrogen) atoms. The van der Waals surface area contributed by atoms with Crippen molar-refractivity contribution in [1.82, 2.24) is 20.3 Å². The Morgan fingerprint density at radius 3 is 2.63 bits per heavy atom. The molecule has 2 aliphatic rings. The van der Waals surface area contributed by atoms with Crippen LogP contribution in [0, 0.1) is 18.6 Å². The van der Waals surface area contributed by atoms with Crippen LogP contribution >= 0.6 is 0 Å². The van der Waals surface area contributed by atoms with Crippen LogP contribution in [0.4, 0.5) is 14.8 Å². The van der Waals surface area contributed by atoms with Gasteiger partial charge in [0.2, 0.25) is 5.91 Å². The van der Waals surface area contributed by atoms with Crippen LogP contribution in [-0.4, -0.2) is 26.2 Å². The molecular weight excluding hydrogens is 392 g/mol. The summed E-state index contributed by atoms with van der Waals surface area (Å²) in [6, 6.07) is 5.35. The quantitative estimate of drug-likeness (QED) is 0.688. The lowest BCUT2D eigenvalue weighted by Crippen LogP contribution is -2.38. The molecule has 5 rings (SSSR count). The fourth-order valence-electron chi connectivity index (χ4n) is 4.36. The van der Waals surface area contributed by atoms with Gasteiger partial charge in [0.05, 0.1) is 22.4 Å². The van der Waals surface area contributed by atoms with E-state index in [1.165, 1.54) is 18.2 Å². The van der Waals surface area contributed by atoms with Crippen LogP contribution in [0.1, 0.15) is 56.1 Å². The van der Waals surface area contributed by atoms with Crippen molar-refractivity contribution in [2.45, 2.75) is 51.4 Å².